The molecular formula is C40H26N6. The van der Waals surface area contributed by atoms with Gasteiger partial charge in [-0.3, -0.25) is 4.98 Å². The number of fused-ring (bicyclic) bond motifs is 1. The van der Waals surface area contributed by atoms with Gasteiger partial charge in [0.05, 0.1) is 22.4 Å². The van der Waals surface area contributed by atoms with Gasteiger partial charge in [0.25, 0.3) is 0 Å². The monoisotopic (exact) mass is 590 g/mol. The SMILES string of the molecule is c1ccc(-c2nc(-c3ccccc3)nc(-c3cccc(-c4nc5ccccc5nc4-c4cccc(-c5cccnc5)c4)c3)n2)cc1. The standard InChI is InChI=1S/C40H26N6/c1-3-12-27(13-4-1)38-44-39(28-14-5-2-6-15-28)46-40(45-38)32-19-10-18-31(25-32)37-36(42-34-21-7-8-22-35(34)43-37)30-17-9-16-29(24-30)33-20-11-23-41-26-33/h1-26H. The summed E-state index contributed by atoms with van der Waals surface area (Å²) in [6.45, 7) is 0. The van der Waals surface area contributed by atoms with Crippen LogP contribution in [0.1, 0.15) is 0 Å². The molecular weight excluding hydrogens is 564 g/mol. The highest BCUT2D eigenvalue weighted by atomic mass is 15.0. The summed E-state index contributed by atoms with van der Waals surface area (Å²) in [5.74, 6) is 1.82. The molecule has 8 aromatic rings. The first-order valence-electron chi connectivity index (χ1n) is 15.0. The highest BCUT2D eigenvalue weighted by Gasteiger charge is 2.17. The van der Waals surface area contributed by atoms with Gasteiger partial charge in [-0.05, 0) is 35.9 Å². The van der Waals surface area contributed by atoms with E-state index in [1.165, 1.54) is 0 Å². The Kier molecular flexibility index (Phi) is 7.05. The van der Waals surface area contributed by atoms with Crippen molar-refractivity contribution in [2.45, 2.75) is 0 Å². The fourth-order valence-electron chi connectivity index (χ4n) is 5.53. The van der Waals surface area contributed by atoms with Crippen LogP contribution in [-0.2, 0) is 0 Å². The van der Waals surface area contributed by atoms with Crippen molar-refractivity contribution in [3.8, 4) is 67.8 Å². The fourth-order valence-corrected chi connectivity index (χ4v) is 5.53. The number of rotatable bonds is 6. The maximum absolute atomic E-state index is 5.16. The number of hydrogen-bond donors (Lipinski definition) is 0. The molecule has 6 nitrogen and oxygen atoms in total. The third-order valence-corrected chi connectivity index (χ3v) is 7.80. The fraction of sp³-hybridized carbons (Fsp3) is 0. The van der Waals surface area contributed by atoms with E-state index in [0.29, 0.717) is 17.5 Å². The second-order valence-electron chi connectivity index (χ2n) is 10.9. The Morgan fingerprint density at radius 2 is 0.739 bits per heavy atom. The molecule has 0 atom stereocenters. The highest BCUT2D eigenvalue weighted by Crippen LogP contribution is 2.35. The first-order chi connectivity index (χ1) is 22.8. The van der Waals surface area contributed by atoms with Gasteiger partial charge in [-0.15, -0.1) is 0 Å². The van der Waals surface area contributed by atoms with Crippen LogP contribution in [0.25, 0.3) is 78.8 Å². The van der Waals surface area contributed by atoms with Gasteiger partial charge in [-0.2, -0.15) is 0 Å². The molecule has 8 rings (SSSR count). The summed E-state index contributed by atoms with van der Waals surface area (Å²) in [4.78, 5) is 29.4. The number of pyridine rings is 1. The molecule has 0 saturated carbocycles. The lowest BCUT2D eigenvalue weighted by molar-refractivity contribution is 1.07. The Labute approximate surface area is 266 Å². The van der Waals surface area contributed by atoms with Gasteiger partial charge in [0.2, 0.25) is 0 Å². The van der Waals surface area contributed by atoms with E-state index in [-0.39, 0.29) is 0 Å². The second-order valence-corrected chi connectivity index (χ2v) is 10.9. The van der Waals surface area contributed by atoms with E-state index in [0.717, 1.165) is 61.4 Å². The van der Waals surface area contributed by atoms with Crippen molar-refractivity contribution in [1.29, 1.82) is 0 Å². The molecule has 0 unspecified atom stereocenters. The van der Waals surface area contributed by atoms with Crippen LogP contribution < -0.4 is 0 Å². The molecule has 3 aromatic heterocycles. The van der Waals surface area contributed by atoms with Crippen molar-refractivity contribution in [2.24, 2.45) is 0 Å². The normalized spacial score (nSPS) is 11.0. The average Bonchev–Trinajstić information content (AvgIpc) is 3.15. The molecule has 0 amide bonds. The van der Waals surface area contributed by atoms with Gasteiger partial charge in [-0.25, -0.2) is 24.9 Å². The molecule has 5 aromatic carbocycles. The molecule has 0 saturated heterocycles. The predicted molar refractivity (Wildman–Crippen MR) is 183 cm³/mol. The maximum Gasteiger partial charge on any atom is 0.164 e. The van der Waals surface area contributed by atoms with Crippen LogP contribution in [0.2, 0.25) is 0 Å². The van der Waals surface area contributed by atoms with Crippen LogP contribution >= 0.6 is 0 Å². The second kappa shape index (κ2) is 11.9. The first-order valence-corrected chi connectivity index (χ1v) is 15.0. The molecule has 0 bridgehead atoms. The third kappa shape index (κ3) is 5.40. The number of nitrogens with zero attached hydrogens (tertiary/aromatic N) is 6. The van der Waals surface area contributed by atoms with Crippen LogP contribution in [0.15, 0.2) is 158 Å². The summed E-state index contributed by atoms with van der Waals surface area (Å²) < 4.78 is 0. The summed E-state index contributed by atoms with van der Waals surface area (Å²) in [7, 11) is 0. The van der Waals surface area contributed by atoms with E-state index < -0.39 is 0 Å². The Balaban J connectivity index is 1.29. The summed E-state index contributed by atoms with van der Waals surface area (Å²) in [5.41, 5.74) is 9.95. The number of benzene rings is 5. The maximum atomic E-state index is 5.16. The van der Waals surface area contributed by atoms with Crippen molar-refractivity contribution in [3.05, 3.63) is 158 Å². The lowest BCUT2D eigenvalue weighted by atomic mass is 9.98. The number of para-hydroxylation sites is 2. The van der Waals surface area contributed by atoms with Gasteiger partial charge in [0, 0.05) is 45.8 Å². The van der Waals surface area contributed by atoms with E-state index in [4.69, 9.17) is 24.9 Å². The van der Waals surface area contributed by atoms with Crippen LogP contribution in [0, 0.1) is 0 Å². The van der Waals surface area contributed by atoms with Crippen LogP contribution in [0.5, 0.6) is 0 Å². The van der Waals surface area contributed by atoms with E-state index in [1.807, 2.05) is 109 Å². The number of hydrogen-bond acceptors (Lipinski definition) is 6. The predicted octanol–water partition coefficient (Wildman–Crippen LogP) is 9.21. The number of aromatic nitrogens is 6. The summed E-state index contributed by atoms with van der Waals surface area (Å²) >= 11 is 0. The minimum absolute atomic E-state index is 0.587. The smallest absolute Gasteiger partial charge is 0.164 e. The molecule has 3 heterocycles. The van der Waals surface area contributed by atoms with E-state index in [9.17, 15) is 0 Å². The Hall–Kier alpha value is -6.40. The van der Waals surface area contributed by atoms with Gasteiger partial charge >= 0.3 is 0 Å². The molecule has 216 valence electrons. The van der Waals surface area contributed by atoms with Gasteiger partial charge in [-0.1, -0.05) is 115 Å². The van der Waals surface area contributed by atoms with Gasteiger partial charge < -0.3 is 0 Å². The molecule has 0 fully saturated rings. The zero-order valence-electron chi connectivity index (χ0n) is 24.7. The van der Waals surface area contributed by atoms with Crippen molar-refractivity contribution in [3.63, 3.8) is 0 Å². The lowest BCUT2D eigenvalue weighted by Gasteiger charge is -2.13. The van der Waals surface area contributed by atoms with Crippen molar-refractivity contribution >= 4 is 11.0 Å². The molecule has 6 heteroatoms. The zero-order chi connectivity index (χ0) is 30.7. The van der Waals surface area contributed by atoms with Crippen molar-refractivity contribution in [2.75, 3.05) is 0 Å². The van der Waals surface area contributed by atoms with Crippen LogP contribution in [0.4, 0.5) is 0 Å². The molecule has 0 N–H and O–H groups in total. The minimum atomic E-state index is 0.587. The van der Waals surface area contributed by atoms with E-state index in [2.05, 4.69) is 47.4 Å². The lowest BCUT2D eigenvalue weighted by Crippen LogP contribution is -2.00. The average molecular weight is 591 g/mol. The summed E-state index contributed by atoms with van der Waals surface area (Å²) in [6.07, 6.45) is 3.66. The van der Waals surface area contributed by atoms with Crippen LogP contribution in [-0.4, -0.2) is 29.9 Å². The molecule has 0 aliphatic carbocycles. The molecule has 0 spiro atoms. The van der Waals surface area contributed by atoms with Crippen molar-refractivity contribution in [1.82, 2.24) is 29.9 Å². The van der Waals surface area contributed by atoms with E-state index >= 15 is 0 Å². The molecule has 46 heavy (non-hydrogen) atoms. The first kappa shape index (κ1) is 27.2. The largest absolute Gasteiger partial charge is 0.264 e. The summed E-state index contributed by atoms with van der Waals surface area (Å²) in [6, 6.07) is 48.5. The van der Waals surface area contributed by atoms with Crippen molar-refractivity contribution < 1.29 is 0 Å². The topological polar surface area (TPSA) is 77.3 Å². The third-order valence-electron chi connectivity index (χ3n) is 7.80. The molecule has 0 aliphatic rings. The molecule has 0 radical (unpaired) electrons. The zero-order valence-corrected chi connectivity index (χ0v) is 24.7. The van der Waals surface area contributed by atoms with E-state index in [1.54, 1.807) is 6.20 Å². The Morgan fingerprint density at radius 3 is 1.28 bits per heavy atom. The Bertz CT molecular complexity index is 2250. The molecule has 0 aliphatic heterocycles. The minimum Gasteiger partial charge on any atom is -0.264 e. The Morgan fingerprint density at radius 1 is 0.304 bits per heavy atom. The van der Waals surface area contributed by atoms with Crippen LogP contribution in [0.3, 0.4) is 0 Å². The highest BCUT2D eigenvalue weighted by molar-refractivity contribution is 5.88. The quantitative estimate of drug-likeness (QED) is 0.192. The van der Waals surface area contributed by atoms with Gasteiger partial charge in [0.1, 0.15) is 0 Å². The van der Waals surface area contributed by atoms with Gasteiger partial charge in [0.15, 0.2) is 17.5 Å². The summed E-state index contributed by atoms with van der Waals surface area (Å²) in [5, 5.41) is 0.